The molecule has 0 amide bonds. The van der Waals surface area contributed by atoms with E-state index in [1.165, 1.54) is 5.39 Å². The molecule has 2 heterocycles. The Kier molecular flexibility index (Phi) is 2.86. The van der Waals surface area contributed by atoms with Crippen LogP contribution in [0.1, 0.15) is 12.1 Å². The maximum atomic E-state index is 5.50. The smallest absolute Gasteiger partial charge is 0.109 e. The van der Waals surface area contributed by atoms with Gasteiger partial charge in [0.25, 0.3) is 0 Å². The van der Waals surface area contributed by atoms with E-state index < -0.39 is 0 Å². The molecule has 4 heteroatoms. The molecule has 0 aliphatic carbocycles. The Hall–Kier alpha value is -2.07. The third kappa shape index (κ3) is 2.02. The number of nitrogens with one attached hydrogen (secondary N) is 2. The fraction of sp³-hybridized carbons (Fsp3) is 0.214. The average molecular weight is 240 g/mol. The molecule has 0 saturated carbocycles. The minimum Gasteiger partial charge on any atom is -0.353 e. The van der Waals surface area contributed by atoms with Gasteiger partial charge in [0.15, 0.2) is 0 Å². The molecule has 1 aromatic carbocycles. The number of aromatic amines is 2. The number of H-pyrrole nitrogens is 2. The van der Waals surface area contributed by atoms with Crippen LogP contribution in [0.4, 0.5) is 0 Å². The summed E-state index contributed by atoms with van der Waals surface area (Å²) in [5.41, 5.74) is 9.78. The summed E-state index contributed by atoms with van der Waals surface area (Å²) < 4.78 is 0. The van der Waals surface area contributed by atoms with E-state index in [4.69, 9.17) is 5.73 Å². The topological polar surface area (TPSA) is 70.5 Å². The van der Waals surface area contributed by atoms with Crippen molar-refractivity contribution in [1.82, 2.24) is 15.2 Å². The molecule has 3 aromatic rings. The number of benzene rings is 1. The van der Waals surface area contributed by atoms with Crippen molar-refractivity contribution in [2.75, 3.05) is 6.54 Å². The van der Waals surface area contributed by atoms with Gasteiger partial charge in [-0.3, -0.25) is 5.10 Å². The quantitative estimate of drug-likeness (QED) is 0.655. The molecule has 0 aliphatic heterocycles. The maximum Gasteiger partial charge on any atom is 0.109 e. The maximum absolute atomic E-state index is 5.50. The van der Waals surface area contributed by atoms with Crippen molar-refractivity contribution in [2.24, 2.45) is 5.73 Å². The molecule has 92 valence electrons. The standard InChI is InChI=1S/C14H16N4/c15-7-3-5-11-9-14(18-17-11)13-8-10-4-1-2-6-12(10)16-13/h1-2,4,6,8-9,16H,3,5,7,15H2,(H,17,18). The van der Waals surface area contributed by atoms with Gasteiger partial charge < -0.3 is 10.7 Å². The molecule has 18 heavy (non-hydrogen) atoms. The Morgan fingerprint density at radius 2 is 2.06 bits per heavy atom. The first-order valence-electron chi connectivity index (χ1n) is 6.19. The Balaban J connectivity index is 1.91. The summed E-state index contributed by atoms with van der Waals surface area (Å²) in [6, 6.07) is 12.4. The normalized spacial score (nSPS) is 11.2. The van der Waals surface area contributed by atoms with Crippen LogP contribution >= 0.6 is 0 Å². The first kappa shape index (κ1) is 11.0. The van der Waals surface area contributed by atoms with E-state index in [-0.39, 0.29) is 0 Å². The van der Waals surface area contributed by atoms with Crippen molar-refractivity contribution in [2.45, 2.75) is 12.8 Å². The third-order valence-electron chi connectivity index (χ3n) is 3.09. The highest BCUT2D eigenvalue weighted by Crippen LogP contribution is 2.23. The second kappa shape index (κ2) is 4.66. The summed E-state index contributed by atoms with van der Waals surface area (Å²) in [6.07, 6.45) is 1.93. The van der Waals surface area contributed by atoms with Gasteiger partial charge in [-0.1, -0.05) is 18.2 Å². The average Bonchev–Trinajstić information content (AvgIpc) is 3.02. The van der Waals surface area contributed by atoms with Crippen LogP contribution in [-0.2, 0) is 6.42 Å². The number of aryl methyl sites for hydroxylation is 1. The highest BCUT2D eigenvalue weighted by Gasteiger charge is 2.06. The summed E-state index contributed by atoms with van der Waals surface area (Å²) in [5.74, 6) is 0. The largest absolute Gasteiger partial charge is 0.353 e. The van der Waals surface area contributed by atoms with Crippen molar-refractivity contribution < 1.29 is 0 Å². The Bertz CT molecular complexity index is 617. The monoisotopic (exact) mass is 240 g/mol. The first-order chi connectivity index (χ1) is 8.86. The van der Waals surface area contributed by atoms with E-state index in [2.05, 4.69) is 39.4 Å². The van der Waals surface area contributed by atoms with Crippen molar-refractivity contribution in [3.8, 4) is 11.4 Å². The summed E-state index contributed by atoms with van der Waals surface area (Å²) in [5, 5.41) is 8.60. The zero-order chi connectivity index (χ0) is 12.4. The van der Waals surface area contributed by atoms with Crippen molar-refractivity contribution in [3.63, 3.8) is 0 Å². The van der Waals surface area contributed by atoms with E-state index >= 15 is 0 Å². The Morgan fingerprint density at radius 1 is 1.17 bits per heavy atom. The molecule has 0 saturated heterocycles. The molecule has 4 N–H and O–H groups in total. The minimum atomic E-state index is 0.709. The molecule has 3 rings (SSSR count). The van der Waals surface area contributed by atoms with Crippen LogP contribution < -0.4 is 5.73 Å². The number of rotatable bonds is 4. The minimum absolute atomic E-state index is 0.709. The van der Waals surface area contributed by atoms with Crippen molar-refractivity contribution in [1.29, 1.82) is 0 Å². The lowest BCUT2D eigenvalue weighted by Crippen LogP contribution is -2.00. The van der Waals surface area contributed by atoms with Crippen LogP contribution in [0.2, 0.25) is 0 Å². The van der Waals surface area contributed by atoms with E-state index in [1.807, 2.05) is 12.1 Å². The second-order valence-electron chi connectivity index (χ2n) is 4.44. The fourth-order valence-corrected chi connectivity index (χ4v) is 2.13. The Morgan fingerprint density at radius 3 is 2.89 bits per heavy atom. The molecule has 4 nitrogen and oxygen atoms in total. The molecule has 0 aliphatic rings. The predicted molar refractivity (Wildman–Crippen MR) is 73.3 cm³/mol. The summed E-state index contributed by atoms with van der Waals surface area (Å²) in [6.45, 7) is 0.709. The number of fused-ring (bicyclic) bond motifs is 1. The number of hydrogen-bond acceptors (Lipinski definition) is 2. The molecule has 2 aromatic heterocycles. The van der Waals surface area contributed by atoms with Crippen LogP contribution in [0.3, 0.4) is 0 Å². The highest BCUT2D eigenvalue weighted by molar-refractivity contribution is 5.85. The molecule has 0 spiro atoms. The summed E-state index contributed by atoms with van der Waals surface area (Å²) in [4.78, 5) is 3.37. The number of nitrogens with zero attached hydrogens (tertiary/aromatic N) is 1. The van der Waals surface area contributed by atoms with Crippen LogP contribution in [0.5, 0.6) is 0 Å². The lowest BCUT2D eigenvalue weighted by Gasteiger charge is -1.91. The Labute approximate surface area is 105 Å². The number of nitrogens with two attached hydrogens (primary N) is 1. The lowest BCUT2D eigenvalue weighted by molar-refractivity contribution is 0.804. The number of para-hydroxylation sites is 1. The number of hydrogen-bond donors (Lipinski definition) is 3. The summed E-state index contributed by atoms with van der Waals surface area (Å²) in [7, 11) is 0. The molecule has 0 unspecified atom stereocenters. The van der Waals surface area contributed by atoms with Crippen LogP contribution in [0, 0.1) is 0 Å². The van der Waals surface area contributed by atoms with E-state index in [0.29, 0.717) is 6.54 Å². The van der Waals surface area contributed by atoms with E-state index in [0.717, 1.165) is 35.4 Å². The zero-order valence-electron chi connectivity index (χ0n) is 10.1. The van der Waals surface area contributed by atoms with Gasteiger partial charge >= 0.3 is 0 Å². The molecular weight excluding hydrogens is 224 g/mol. The molecule has 0 atom stereocenters. The van der Waals surface area contributed by atoms with Crippen LogP contribution in [-0.4, -0.2) is 21.7 Å². The predicted octanol–water partition coefficient (Wildman–Crippen LogP) is 2.45. The second-order valence-corrected chi connectivity index (χ2v) is 4.44. The van der Waals surface area contributed by atoms with Gasteiger partial charge in [-0.05, 0) is 37.6 Å². The van der Waals surface area contributed by atoms with Gasteiger partial charge in [-0.2, -0.15) is 5.10 Å². The first-order valence-corrected chi connectivity index (χ1v) is 6.19. The summed E-state index contributed by atoms with van der Waals surface area (Å²) >= 11 is 0. The third-order valence-corrected chi connectivity index (χ3v) is 3.09. The fourth-order valence-electron chi connectivity index (χ4n) is 2.13. The zero-order valence-corrected chi connectivity index (χ0v) is 10.1. The van der Waals surface area contributed by atoms with Gasteiger partial charge in [-0.25, -0.2) is 0 Å². The molecular formula is C14H16N4. The van der Waals surface area contributed by atoms with E-state index in [1.54, 1.807) is 0 Å². The van der Waals surface area contributed by atoms with Crippen LogP contribution in [0.25, 0.3) is 22.3 Å². The lowest BCUT2D eigenvalue weighted by atomic mass is 10.2. The SMILES string of the molecule is NCCCc1cc(-c2cc3ccccc3[nH]2)n[nH]1. The van der Waals surface area contributed by atoms with Crippen molar-refractivity contribution >= 4 is 10.9 Å². The van der Waals surface area contributed by atoms with Gasteiger partial charge in [0, 0.05) is 16.6 Å². The molecule has 0 bridgehead atoms. The van der Waals surface area contributed by atoms with Gasteiger partial charge in [0.2, 0.25) is 0 Å². The molecule has 0 radical (unpaired) electrons. The van der Waals surface area contributed by atoms with Crippen molar-refractivity contribution in [3.05, 3.63) is 42.1 Å². The molecule has 0 fully saturated rings. The van der Waals surface area contributed by atoms with Crippen LogP contribution in [0.15, 0.2) is 36.4 Å². The van der Waals surface area contributed by atoms with Gasteiger partial charge in [0.1, 0.15) is 5.69 Å². The van der Waals surface area contributed by atoms with Gasteiger partial charge in [-0.15, -0.1) is 0 Å². The van der Waals surface area contributed by atoms with Gasteiger partial charge in [0.05, 0.1) is 5.69 Å². The highest BCUT2D eigenvalue weighted by atomic mass is 15.1. The number of aromatic nitrogens is 3. The van der Waals surface area contributed by atoms with E-state index in [9.17, 15) is 0 Å².